The first-order chi connectivity index (χ1) is 34.8. The van der Waals surface area contributed by atoms with Crippen molar-refractivity contribution in [3.05, 3.63) is 236 Å². The molecule has 364 valence electrons. The Bertz CT molecular complexity index is 3600. The van der Waals surface area contributed by atoms with E-state index in [-0.39, 0.29) is 0 Å². The molecule has 0 bridgehead atoms. The van der Waals surface area contributed by atoms with Gasteiger partial charge in [-0.15, -0.1) is 0 Å². The van der Waals surface area contributed by atoms with Gasteiger partial charge in [0.15, 0.2) is 0 Å². The predicted molar refractivity (Wildman–Crippen MR) is 314 cm³/mol. The number of fused-ring (bicyclic) bond motifs is 5. The largest absolute Gasteiger partial charge is 0.310 e. The van der Waals surface area contributed by atoms with Crippen LogP contribution in [-0.2, 0) is 5.41 Å². The van der Waals surface area contributed by atoms with Crippen LogP contribution >= 0.6 is 0 Å². The molecule has 1 aliphatic rings. The van der Waals surface area contributed by atoms with Crippen molar-refractivity contribution in [1.82, 2.24) is 4.57 Å². The van der Waals surface area contributed by atoms with Crippen LogP contribution in [0.15, 0.2) is 158 Å². The number of anilines is 9. The Morgan fingerprint density at radius 3 is 0.904 bits per heavy atom. The van der Waals surface area contributed by atoms with E-state index in [9.17, 15) is 0 Å². The molecule has 4 nitrogen and oxygen atoms in total. The summed E-state index contributed by atoms with van der Waals surface area (Å²) in [6.07, 6.45) is 0. The number of aromatic nitrogens is 1. The molecule has 0 amide bonds. The van der Waals surface area contributed by atoms with Crippen LogP contribution < -0.4 is 14.7 Å². The van der Waals surface area contributed by atoms with Crippen molar-refractivity contribution < 1.29 is 0 Å². The van der Waals surface area contributed by atoms with Crippen LogP contribution in [-0.4, -0.2) is 4.57 Å². The van der Waals surface area contributed by atoms with Crippen molar-refractivity contribution in [1.29, 1.82) is 0 Å². The highest BCUT2D eigenvalue weighted by Crippen LogP contribution is 2.53. The van der Waals surface area contributed by atoms with Gasteiger partial charge in [-0.05, 0) is 282 Å². The standard InChI is InChI=1S/C69H68N4/c1-41-19-42(2)26-55(25-41)70(56-27-43(3)20-44(4)28-56)53-15-17-66-62(37-53)63-38-61(72(59-33-49(9)23-50(10)34-59)60-35-51(11)24-52(12)36-60)40-65-68(63)73(66)67-18-16-54(39-64(67)69(65,13)14)71(57-29-45(5)21-46(6)30-57)58-31-47(7)22-48(8)32-58/h15-40H,1-14H3. The third-order valence-electron chi connectivity index (χ3n) is 15.0. The Labute approximate surface area is 433 Å². The molecule has 9 aromatic carbocycles. The smallest absolute Gasteiger partial charge is 0.0583 e. The third-order valence-corrected chi connectivity index (χ3v) is 15.0. The molecule has 0 saturated carbocycles. The quantitative estimate of drug-likeness (QED) is 0.143. The summed E-state index contributed by atoms with van der Waals surface area (Å²) >= 11 is 0. The fourth-order valence-electron chi connectivity index (χ4n) is 12.4. The van der Waals surface area contributed by atoms with Gasteiger partial charge in [0, 0.05) is 67.4 Å². The molecular weight excluding hydrogens is 885 g/mol. The first-order valence-corrected chi connectivity index (χ1v) is 26.0. The molecule has 0 aliphatic carbocycles. The highest BCUT2D eigenvalue weighted by molar-refractivity contribution is 6.14. The molecule has 0 unspecified atom stereocenters. The van der Waals surface area contributed by atoms with Crippen molar-refractivity contribution in [3.8, 4) is 5.69 Å². The van der Waals surface area contributed by atoms with Gasteiger partial charge in [-0.25, -0.2) is 0 Å². The first kappa shape index (κ1) is 47.5. The monoisotopic (exact) mass is 953 g/mol. The van der Waals surface area contributed by atoms with Crippen molar-refractivity contribution in [2.75, 3.05) is 14.7 Å². The SMILES string of the molecule is Cc1cc(C)cc(N(c2cc(C)cc(C)c2)c2ccc3c(c2)C(C)(C)c2cc(N(c4cc(C)cc(C)c4)c4cc(C)cc(C)c4)cc4c5cc(N(c6cc(C)cc(C)c6)c6cc(C)cc(C)c6)ccc5n-3c24)c1. The Kier molecular flexibility index (Phi) is 11.5. The van der Waals surface area contributed by atoms with E-state index in [0.717, 1.165) is 51.2 Å². The van der Waals surface area contributed by atoms with Crippen LogP contribution in [0.2, 0.25) is 0 Å². The normalized spacial score (nSPS) is 12.6. The lowest BCUT2D eigenvalue weighted by Gasteiger charge is -2.37. The van der Waals surface area contributed by atoms with Gasteiger partial charge in [-0.1, -0.05) is 50.2 Å². The fourth-order valence-corrected chi connectivity index (χ4v) is 12.4. The predicted octanol–water partition coefficient (Wildman–Crippen LogP) is 19.5. The minimum absolute atomic E-state index is 0.412. The summed E-state index contributed by atoms with van der Waals surface area (Å²) in [5.41, 5.74) is 31.1. The summed E-state index contributed by atoms with van der Waals surface area (Å²) in [4.78, 5) is 7.43. The average molecular weight is 953 g/mol. The van der Waals surface area contributed by atoms with Crippen LogP contribution in [0, 0.1) is 83.1 Å². The Balaban J connectivity index is 1.23. The maximum Gasteiger partial charge on any atom is 0.0583 e. The van der Waals surface area contributed by atoms with Gasteiger partial charge in [0.2, 0.25) is 0 Å². The van der Waals surface area contributed by atoms with Crippen LogP contribution in [0.5, 0.6) is 0 Å². The fraction of sp³-hybridized carbons (Fsp3) is 0.217. The van der Waals surface area contributed by atoms with Crippen LogP contribution in [0.1, 0.15) is 91.7 Å². The van der Waals surface area contributed by atoms with Gasteiger partial charge in [0.1, 0.15) is 0 Å². The number of rotatable bonds is 9. The molecule has 0 radical (unpaired) electrons. The lowest BCUT2D eigenvalue weighted by molar-refractivity contribution is 0.630. The minimum Gasteiger partial charge on any atom is -0.310 e. The van der Waals surface area contributed by atoms with Crippen molar-refractivity contribution >= 4 is 73.0 Å². The molecule has 0 fully saturated rings. The molecule has 1 aromatic heterocycles. The topological polar surface area (TPSA) is 14.7 Å². The molecule has 0 atom stereocenters. The minimum atomic E-state index is -0.412. The van der Waals surface area contributed by atoms with Gasteiger partial charge >= 0.3 is 0 Å². The van der Waals surface area contributed by atoms with E-state index < -0.39 is 5.41 Å². The number of hydrogen-bond acceptors (Lipinski definition) is 3. The zero-order valence-corrected chi connectivity index (χ0v) is 45.3. The van der Waals surface area contributed by atoms with E-state index in [1.165, 1.54) is 105 Å². The summed E-state index contributed by atoms with van der Waals surface area (Å²) in [5.74, 6) is 0. The molecular formula is C69H68N4. The molecule has 0 saturated heterocycles. The highest BCUT2D eigenvalue weighted by atomic mass is 15.2. The summed E-state index contributed by atoms with van der Waals surface area (Å²) in [5, 5.41) is 2.45. The van der Waals surface area contributed by atoms with Gasteiger partial charge < -0.3 is 19.3 Å². The molecule has 4 heteroatoms. The van der Waals surface area contributed by atoms with Crippen LogP contribution in [0.4, 0.5) is 51.2 Å². The second-order valence-corrected chi connectivity index (χ2v) is 22.3. The lowest BCUT2D eigenvalue weighted by atomic mass is 9.74. The summed E-state index contributed by atoms with van der Waals surface area (Å²) in [7, 11) is 0. The maximum absolute atomic E-state index is 2.58. The maximum atomic E-state index is 2.58. The Hall–Kier alpha value is -7.82. The average Bonchev–Trinajstić information content (AvgIpc) is 3.60. The van der Waals surface area contributed by atoms with Gasteiger partial charge in [0.05, 0.1) is 16.7 Å². The summed E-state index contributed by atoms with van der Waals surface area (Å²) in [6.45, 7) is 31.4. The molecule has 10 aromatic rings. The van der Waals surface area contributed by atoms with E-state index in [0.29, 0.717) is 0 Å². The van der Waals surface area contributed by atoms with Crippen molar-refractivity contribution in [3.63, 3.8) is 0 Å². The van der Waals surface area contributed by atoms with E-state index >= 15 is 0 Å². The molecule has 11 rings (SSSR count). The Morgan fingerprint density at radius 2 is 0.548 bits per heavy atom. The number of nitrogens with zero attached hydrogens (tertiary/aromatic N) is 4. The van der Waals surface area contributed by atoms with Crippen LogP contribution in [0.3, 0.4) is 0 Å². The summed E-state index contributed by atoms with van der Waals surface area (Å²) < 4.78 is 2.58. The highest BCUT2D eigenvalue weighted by Gasteiger charge is 2.37. The molecule has 1 aliphatic heterocycles. The Morgan fingerprint density at radius 1 is 0.274 bits per heavy atom. The summed E-state index contributed by atoms with van der Waals surface area (Å²) in [6, 6.07) is 61.0. The second-order valence-electron chi connectivity index (χ2n) is 22.3. The third kappa shape index (κ3) is 8.57. The number of aryl methyl sites for hydroxylation is 12. The van der Waals surface area contributed by atoms with Gasteiger partial charge in [0.25, 0.3) is 0 Å². The first-order valence-electron chi connectivity index (χ1n) is 26.0. The van der Waals surface area contributed by atoms with E-state index in [2.05, 4.69) is 274 Å². The lowest BCUT2D eigenvalue weighted by Crippen LogP contribution is -2.27. The zero-order chi connectivity index (χ0) is 51.4. The molecule has 0 N–H and O–H groups in total. The molecule has 73 heavy (non-hydrogen) atoms. The zero-order valence-electron chi connectivity index (χ0n) is 45.3. The van der Waals surface area contributed by atoms with Gasteiger partial charge in [-0.3, -0.25) is 0 Å². The van der Waals surface area contributed by atoms with E-state index in [1.54, 1.807) is 0 Å². The van der Waals surface area contributed by atoms with Crippen molar-refractivity contribution in [2.24, 2.45) is 0 Å². The van der Waals surface area contributed by atoms with E-state index in [4.69, 9.17) is 0 Å². The second kappa shape index (κ2) is 17.7. The molecule has 0 spiro atoms. The van der Waals surface area contributed by atoms with Gasteiger partial charge in [-0.2, -0.15) is 0 Å². The van der Waals surface area contributed by atoms with Crippen molar-refractivity contribution in [2.45, 2.75) is 102 Å². The molecule has 2 heterocycles. The number of benzene rings is 9. The van der Waals surface area contributed by atoms with E-state index in [1.807, 2.05) is 0 Å². The number of hydrogen-bond donors (Lipinski definition) is 0. The van der Waals surface area contributed by atoms with Crippen LogP contribution in [0.25, 0.3) is 27.5 Å².